The molecule has 0 atom stereocenters. The Hall–Kier alpha value is -1.90. The molecule has 0 unspecified atom stereocenters. The van der Waals surface area contributed by atoms with Crippen LogP contribution in [0.1, 0.15) is 5.56 Å². The Balaban J connectivity index is 2.91. The molecule has 0 spiro atoms. The van der Waals surface area contributed by atoms with Gasteiger partial charge in [0.05, 0.1) is 16.5 Å². The first-order chi connectivity index (χ1) is 7.52. The minimum Gasteiger partial charge on any atom is -0.282 e. The van der Waals surface area contributed by atoms with Crippen LogP contribution in [0.4, 0.5) is 0 Å². The molecule has 2 aromatic carbocycles. The van der Waals surface area contributed by atoms with Crippen molar-refractivity contribution in [3.05, 3.63) is 42.0 Å². The molecule has 0 fully saturated rings. The van der Waals surface area contributed by atoms with Gasteiger partial charge >= 0.3 is 0 Å². The summed E-state index contributed by atoms with van der Waals surface area (Å²) in [7, 11) is -4.28. The van der Waals surface area contributed by atoms with Crippen molar-refractivity contribution in [1.29, 1.82) is 5.26 Å². The van der Waals surface area contributed by atoms with Gasteiger partial charge in [-0.3, -0.25) is 4.55 Å². The van der Waals surface area contributed by atoms with Gasteiger partial charge in [-0.1, -0.05) is 24.3 Å². The van der Waals surface area contributed by atoms with E-state index in [9.17, 15) is 8.42 Å². The van der Waals surface area contributed by atoms with E-state index in [1.807, 2.05) is 6.07 Å². The van der Waals surface area contributed by atoms with Crippen LogP contribution in [0.3, 0.4) is 0 Å². The Labute approximate surface area is 92.5 Å². The predicted molar refractivity (Wildman–Crippen MR) is 58.5 cm³/mol. The SMILES string of the molecule is N#Cc1cc(S(=O)(=O)O)cc2ccccc12. The van der Waals surface area contributed by atoms with Crippen molar-refractivity contribution in [2.45, 2.75) is 4.90 Å². The maximum absolute atomic E-state index is 11.0. The van der Waals surface area contributed by atoms with E-state index in [1.165, 1.54) is 6.07 Å². The van der Waals surface area contributed by atoms with Crippen LogP contribution in [-0.2, 0) is 10.1 Å². The Bertz CT molecular complexity index is 699. The van der Waals surface area contributed by atoms with Crippen molar-refractivity contribution in [3.63, 3.8) is 0 Å². The highest BCUT2D eigenvalue weighted by molar-refractivity contribution is 7.85. The number of nitrogens with zero attached hydrogens (tertiary/aromatic N) is 1. The zero-order chi connectivity index (χ0) is 11.8. The molecule has 0 aliphatic carbocycles. The van der Waals surface area contributed by atoms with Crippen molar-refractivity contribution >= 4 is 20.9 Å². The molecular weight excluding hydrogens is 226 g/mol. The zero-order valence-corrected chi connectivity index (χ0v) is 8.90. The van der Waals surface area contributed by atoms with Crippen LogP contribution in [0.25, 0.3) is 10.8 Å². The molecule has 1 N–H and O–H groups in total. The largest absolute Gasteiger partial charge is 0.294 e. The Morgan fingerprint density at radius 3 is 2.50 bits per heavy atom. The summed E-state index contributed by atoms with van der Waals surface area (Å²) in [6.07, 6.45) is 0. The summed E-state index contributed by atoms with van der Waals surface area (Å²) >= 11 is 0. The van der Waals surface area contributed by atoms with Crippen LogP contribution in [0, 0.1) is 11.3 Å². The summed E-state index contributed by atoms with van der Waals surface area (Å²) in [6, 6.07) is 11.3. The van der Waals surface area contributed by atoms with Gasteiger partial charge in [0.2, 0.25) is 0 Å². The third-order valence-electron chi connectivity index (χ3n) is 2.25. The fourth-order valence-electron chi connectivity index (χ4n) is 1.52. The van der Waals surface area contributed by atoms with Crippen molar-refractivity contribution in [3.8, 4) is 6.07 Å². The molecule has 0 saturated heterocycles. The summed E-state index contributed by atoms with van der Waals surface area (Å²) in [5.41, 5.74) is 0.228. The molecule has 0 radical (unpaired) electrons. The van der Waals surface area contributed by atoms with Crippen LogP contribution in [0.2, 0.25) is 0 Å². The molecule has 16 heavy (non-hydrogen) atoms. The first-order valence-electron chi connectivity index (χ1n) is 4.43. The third kappa shape index (κ3) is 1.76. The minimum absolute atomic E-state index is 0.228. The first-order valence-corrected chi connectivity index (χ1v) is 5.87. The van der Waals surface area contributed by atoms with Crippen molar-refractivity contribution in [2.75, 3.05) is 0 Å². The lowest BCUT2D eigenvalue weighted by Gasteiger charge is -2.03. The molecule has 0 aliphatic rings. The van der Waals surface area contributed by atoms with Gasteiger partial charge in [-0.25, -0.2) is 0 Å². The lowest BCUT2D eigenvalue weighted by Crippen LogP contribution is -1.98. The lowest BCUT2D eigenvalue weighted by molar-refractivity contribution is 0.483. The topological polar surface area (TPSA) is 78.2 Å². The van der Waals surface area contributed by atoms with Crippen molar-refractivity contribution < 1.29 is 13.0 Å². The maximum atomic E-state index is 11.0. The highest BCUT2D eigenvalue weighted by atomic mass is 32.2. The van der Waals surface area contributed by atoms with Crippen molar-refractivity contribution in [1.82, 2.24) is 0 Å². The fourth-order valence-corrected chi connectivity index (χ4v) is 2.07. The quantitative estimate of drug-likeness (QED) is 0.763. The van der Waals surface area contributed by atoms with Crippen molar-refractivity contribution in [2.24, 2.45) is 0 Å². The molecule has 0 aromatic heterocycles. The number of fused-ring (bicyclic) bond motifs is 1. The summed E-state index contributed by atoms with van der Waals surface area (Å²) < 4.78 is 30.9. The molecule has 0 heterocycles. The number of hydrogen-bond donors (Lipinski definition) is 1. The van der Waals surface area contributed by atoms with E-state index >= 15 is 0 Å². The highest BCUT2D eigenvalue weighted by Crippen LogP contribution is 2.22. The second kappa shape index (κ2) is 3.59. The molecule has 80 valence electrons. The fraction of sp³-hybridized carbons (Fsp3) is 0. The number of nitriles is 1. The molecule has 2 aromatic rings. The Kier molecular flexibility index (Phi) is 2.38. The van der Waals surface area contributed by atoms with Gasteiger partial charge in [0.1, 0.15) is 0 Å². The molecular formula is C11H7NO3S. The Morgan fingerprint density at radius 2 is 1.88 bits per heavy atom. The van der Waals surface area contributed by atoms with Gasteiger partial charge in [0, 0.05) is 0 Å². The van der Waals surface area contributed by atoms with Crippen LogP contribution in [0.5, 0.6) is 0 Å². The van der Waals surface area contributed by atoms with Crippen LogP contribution in [0.15, 0.2) is 41.3 Å². The second-order valence-electron chi connectivity index (χ2n) is 3.28. The van der Waals surface area contributed by atoms with Gasteiger partial charge in [-0.15, -0.1) is 0 Å². The van der Waals surface area contributed by atoms with E-state index in [4.69, 9.17) is 9.81 Å². The average molecular weight is 233 g/mol. The summed E-state index contributed by atoms with van der Waals surface area (Å²) in [5, 5.41) is 10.2. The number of benzene rings is 2. The normalized spacial score (nSPS) is 11.2. The molecule has 5 heteroatoms. The van der Waals surface area contributed by atoms with Crippen LogP contribution >= 0.6 is 0 Å². The van der Waals surface area contributed by atoms with E-state index in [2.05, 4.69) is 0 Å². The highest BCUT2D eigenvalue weighted by Gasteiger charge is 2.12. The van der Waals surface area contributed by atoms with E-state index in [0.717, 1.165) is 6.07 Å². The van der Waals surface area contributed by atoms with Gasteiger partial charge in [0.25, 0.3) is 10.1 Å². The molecule has 2 rings (SSSR count). The summed E-state index contributed by atoms with van der Waals surface area (Å²) in [6.45, 7) is 0. The van der Waals surface area contributed by atoms with Gasteiger partial charge in [-0.05, 0) is 22.9 Å². The predicted octanol–water partition coefficient (Wildman–Crippen LogP) is 1.96. The molecule has 4 nitrogen and oxygen atoms in total. The standard InChI is InChI=1S/C11H7NO3S/c12-7-9-6-10(16(13,14)15)5-8-3-1-2-4-11(8)9/h1-6H,(H,13,14,15). The van der Waals surface area contributed by atoms with E-state index in [1.54, 1.807) is 24.3 Å². The number of rotatable bonds is 1. The average Bonchev–Trinajstić information content (AvgIpc) is 2.26. The molecule has 0 amide bonds. The summed E-state index contributed by atoms with van der Waals surface area (Å²) in [5.74, 6) is 0. The monoisotopic (exact) mass is 233 g/mol. The van der Waals surface area contributed by atoms with Crippen LogP contribution < -0.4 is 0 Å². The Morgan fingerprint density at radius 1 is 1.19 bits per heavy atom. The van der Waals surface area contributed by atoms with Gasteiger partial charge in [-0.2, -0.15) is 13.7 Å². The lowest BCUT2D eigenvalue weighted by atomic mass is 10.1. The number of hydrogen-bond acceptors (Lipinski definition) is 3. The molecule has 0 saturated carbocycles. The third-order valence-corrected chi connectivity index (χ3v) is 3.09. The van der Waals surface area contributed by atoms with Crippen LogP contribution in [-0.4, -0.2) is 13.0 Å². The zero-order valence-electron chi connectivity index (χ0n) is 8.08. The van der Waals surface area contributed by atoms with E-state index in [-0.39, 0.29) is 10.5 Å². The molecule has 0 aliphatic heterocycles. The minimum atomic E-state index is -4.28. The van der Waals surface area contributed by atoms with E-state index < -0.39 is 10.1 Å². The summed E-state index contributed by atoms with van der Waals surface area (Å²) in [4.78, 5) is -0.261. The smallest absolute Gasteiger partial charge is 0.282 e. The second-order valence-corrected chi connectivity index (χ2v) is 4.70. The maximum Gasteiger partial charge on any atom is 0.294 e. The first kappa shape index (κ1) is 10.6. The van der Waals surface area contributed by atoms with Gasteiger partial charge < -0.3 is 0 Å². The van der Waals surface area contributed by atoms with Gasteiger partial charge in [0.15, 0.2) is 0 Å². The van der Waals surface area contributed by atoms with E-state index in [0.29, 0.717) is 10.8 Å². The molecule has 0 bridgehead atoms.